The zero-order valence-electron chi connectivity index (χ0n) is 15.0. The number of thioether (sulfide) groups is 1. The molecule has 1 aliphatic rings. The Morgan fingerprint density at radius 3 is 2.86 bits per heavy atom. The first-order chi connectivity index (χ1) is 13.5. The first kappa shape index (κ1) is 20.9. The number of amides is 2. The van der Waals surface area contributed by atoms with Crippen LogP contribution in [0.15, 0.2) is 29.2 Å². The molecule has 1 aliphatic heterocycles. The summed E-state index contributed by atoms with van der Waals surface area (Å²) in [6.07, 6.45) is 3.29. The quantitative estimate of drug-likeness (QED) is 0.496. The van der Waals surface area contributed by atoms with E-state index >= 15 is 0 Å². The van der Waals surface area contributed by atoms with E-state index in [4.69, 9.17) is 23.8 Å². The summed E-state index contributed by atoms with van der Waals surface area (Å²) in [5, 5.41) is 12.6. The molecule has 0 atom stereocenters. The lowest BCUT2D eigenvalue weighted by Crippen LogP contribution is -2.29. The van der Waals surface area contributed by atoms with E-state index < -0.39 is 0 Å². The van der Waals surface area contributed by atoms with Crippen LogP contribution in [0.1, 0.15) is 30.3 Å². The summed E-state index contributed by atoms with van der Waals surface area (Å²) in [6.45, 7) is 2.36. The molecular formula is C18H17ClN4O2S3. The summed E-state index contributed by atoms with van der Waals surface area (Å²) in [5.41, 5.74) is 0.771. The summed E-state index contributed by atoms with van der Waals surface area (Å²) in [6, 6.07) is 7.31. The number of halogens is 1. The molecule has 1 fully saturated rings. The SMILES string of the molecule is CCc1nnc(NC(=O)CCCN2C(=O)/C(=C\c3ccccc3Cl)SC2=S)s1. The van der Waals surface area contributed by atoms with Gasteiger partial charge in [0.15, 0.2) is 0 Å². The Morgan fingerprint density at radius 1 is 1.36 bits per heavy atom. The van der Waals surface area contributed by atoms with Gasteiger partial charge in [0.05, 0.1) is 4.91 Å². The van der Waals surface area contributed by atoms with Gasteiger partial charge in [-0.1, -0.05) is 72.0 Å². The minimum atomic E-state index is -0.160. The maximum absolute atomic E-state index is 12.6. The molecule has 2 aromatic rings. The normalized spacial score (nSPS) is 15.5. The number of hydrogen-bond donors (Lipinski definition) is 1. The van der Waals surface area contributed by atoms with Crippen LogP contribution in [0, 0.1) is 0 Å². The van der Waals surface area contributed by atoms with Crippen molar-refractivity contribution in [3.8, 4) is 0 Å². The molecule has 6 nitrogen and oxygen atoms in total. The fraction of sp³-hybridized carbons (Fsp3) is 0.278. The van der Waals surface area contributed by atoms with Crippen LogP contribution >= 0.6 is 46.9 Å². The van der Waals surface area contributed by atoms with E-state index in [1.54, 1.807) is 12.1 Å². The Hall–Kier alpha value is -1.81. The lowest BCUT2D eigenvalue weighted by Gasteiger charge is -2.13. The number of carbonyl (C=O) groups excluding carboxylic acids is 2. The summed E-state index contributed by atoms with van der Waals surface area (Å²) in [4.78, 5) is 26.7. The Kier molecular flexibility index (Phi) is 7.17. The van der Waals surface area contributed by atoms with Gasteiger partial charge in [0.25, 0.3) is 5.91 Å². The van der Waals surface area contributed by atoms with Crippen LogP contribution < -0.4 is 5.32 Å². The van der Waals surface area contributed by atoms with Crippen LogP contribution in [-0.2, 0) is 16.0 Å². The number of carbonyl (C=O) groups is 2. The topological polar surface area (TPSA) is 75.2 Å². The van der Waals surface area contributed by atoms with Gasteiger partial charge in [-0.05, 0) is 30.5 Å². The van der Waals surface area contributed by atoms with Gasteiger partial charge in [0.1, 0.15) is 9.33 Å². The third-order valence-electron chi connectivity index (χ3n) is 3.87. The highest BCUT2D eigenvalue weighted by molar-refractivity contribution is 8.26. The van der Waals surface area contributed by atoms with Crippen molar-refractivity contribution in [2.45, 2.75) is 26.2 Å². The number of rotatable bonds is 7. The van der Waals surface area contributed by atoms with Crippen molar-refractivity contribution in [2.24, 2.45) is 0 Å². The van der Waals surface area contributed by atoms with Crippen molar-refractivity contribution in [1.82, 2.24) is 15.1 Å². The number of aromatic nitrogens is 2. The molecule has 1 N–H and O–H groups in total. The molecule has 2 heterocycles. The van der Waals surface area contributed by atoms with Crippen LogP contribution in [0.25, 0.3) is 6.08 Å². The highest BCUT2D eigenvalue weighted by Gasteiger charge is 2.31. The highest BCUT2D eigenvalue weighted by atomic mass is 35.5. The molecule has 0 radical (unpaired) electrons. The highest BCUT2D eigenvalue weighted by Crippen LogP contribution is 2.33. The summed E-state index contributed by atoms with van der Waals surface area (Å²) in [7, 11) is 0. The Bertz CT molecular complexity index is 944. The van der Waals surface area contributed by atoms with Crippen LogP contribution in [-0.4, -0.2) is 37.8 Å². The van der Waals surface area contributed by atoms with Gasteiger partial charge in [-0.3, -0.25) is 14.5 Å². The van der Waals surface area contributed by atoms with E-state index in [-0.39, 0.29) is 18.2 Å². The van der Waals surface area contributed by atoms with Gasteiger partial charge in [0.2, 0.25) is 11.0 Å². The van der Waals surface area contributed by atoms with E-state index in [0.29, 0.717) is 32.3 Å². The molecule has 0 bridgehead atoms. The van der Waals surface area contributed by atoms with Gasteiger partial charge < -0.3 is 5.32 Å². The Labute approximate surface area is 181 Å². The number of anilines is 1. The van der Waals surface area contributed by atoms with Crippen LogP contribution in [0.5, 0.6) is 0 Å². The first-order valence-electron chi connectivity index (χ1n) is 8.60. The summed E-state index contributed by atoms with van der Waals surface area (Å²) < 4.78 is 0.487. The molecule has 146 valence electrons. The van der Waals surface area contributed by atoms with Crippen LogP contribution in [0.3, 0.4) is 0 Å². The molecule has 28 heavy (non-hydrogen) atoms. The van der Waals surface area contributed by atoms with Gasteiger partial charge >= 0.3 is 0 Å². The Morgan fingerprint density at radius 2 is 2.14 bits per heavy atom. The second-order valence-electron chi connectivity index (χ2n) is 5.86. The minimum absolute atomic E-state index is 0.157. The summed E-state index contributed by atoms with van der Waals surface area (Å²) in [5.74, 6) is -0.317. The number of benzene rings is 1. The van der Waals surface area contributed by atoms with E-state index in [2.05, 4.69) is 15.5 Å². The van der Waals surface area contributed by atoms with Crippen molar-refractivity contribution in [3.05, 3.63) is 44.8 Å². The molecule has 0 unspecified atom stereocenters. The fourth-order valence-corrected chi connectivity index (χ4v) is 4.64. The lowest BCUT2D eigenvalue weighted by atomic mass is 10.2. The first-order valence-corrected chi connectivity index (χ1v) is 11.0. The smallest absolute Gasteiger partial charge is 0.266 e. The molecule has 1 aromatic heterocycles. The molecule has 1 aromatic carbocycles. The third kappa shape index (κ3) is 5.16. The molecule has 0 aliphatic carbocycles. The van der Waals surface area contributed by atoms with Gasteiger partial charge in [-0.2, -0.15) is 0 Å². The number of nitrogens with one attached hydrogen (secondary N) is 1. The largest absolute Gasteiger partial charge is 0.301 e. The monoisotopic (exact) mass is 452 g/mol. The van der Waals surface area contributed by atoms with Gasteiger partial charge in [-0.25, -0.2) is 0 Å². The van der Waals surface area contributed by atoms with E-state index in [9.17, 15) is 9.59 Å². The maximum Gasteiger partial charge on any atom is 0.266 e. The molecule has 10 heteroatoms. The summed E-state index contributed by atoms with van der Waals surface area (Å²) >= 11 is 14.1. The zero-order chi connectivity index (χ0) is 20.1. The van der Waals surface area contributed by atoms with E-state index in [1.807, 2.05) is 25.1 Å². The predicted octanol–water partition coefficient (Wildman–Crippen LogP) is 4.37. The average molecular weight is 453 g/mol. The molecule has 2 amide bonds. The third-order valence-corrected chi connectivity index (χ3v) is 6.57. The van der Waals surface area contributed by atoms with Gasteiger partial charge in [0, 0.05) is 18.0 Å². The van der Waals surface area contributed by atoms with Crippen molar-refractivity contribution >= 4 is 74.3 Å². The van der Waals surface area contributed by atoms with Crippen molar-refractivity contribution in [1.29, 1.82) is 0 Å². The van der Waals surface area contributed by atoms with Crippen LogP contribution in [0.4, 0.5) is 5.13 Å². The number of thiocarbonyl (C=S) groups is 1. The standard InChI is InChI=1S/C18H17ClN4O2S3/c1-2-15-21-22-17(28-15)20-14(24)8-5-9-23-16(25)13(27-18(23)26)10-11-6-3-4-7-12(11)19/h3-4,6-7,10H,2,5,8-9H2,1H3,(H,20,22,24)/b13-10+. The molecule has 0 spiro atoms. The van der Waals surface area contributed by atoms with E-state index in [0.717, 1.165) is 17.0 Å². The van der Waals surface area contributed by atoms with Crippen molar-refractivity contribution in [3.63, 3.8) is 0 Å². The Balaban J connectivity index is 1.53. The maximum atomic E-state index is 12.6. The average Bonchev–Trinajstić information content (AvgIpc) is 3.23. The van der Waals surface area contributed by atoms with Crippen LogP contribution in [0.2, 0.25) is 5.02 Å². The van der Waals surface area contributed by atoms with Crippen molar-refractivity contribution in [2.75, 3.05) is 11.9 Å². The second kappa shape index (κ2) is 9.60. The minimum Gasteiger partial charge on any atom is -0.301 e. The molecular weight excluding hydrogens is 436 g/mol. The number of nitrogens with zero attached hydrogens (tertiary/aromatic N) is 3. The number of aryl methyl sites for hydroxylation is 1. The molecule has 1 saturated heterocycles. The second-order valence-corrected chi connectivity index (χ2v) is 9.01. The molecule has 0 saturated carbocycles. The molecule has 3 rings (SSSR count). The van der Waals surface area contributed by atoms with E-state index in [1.165, 1.54) is 28.0 Å². The van der Waals surface area contributed by atoms with Gasteiger partial charge in [-0.15, -0.1) is 10.2 Å². The number of hydrogen-bond acceptors (Lipinski definition) is 7. The van der Waals surface area contributed by atoms with Crippen molar-refractivity contribution < 1.29 is 9.59 Å². The zero-order valence-corrected chi connectivity index (χ0v) is 18.2. The predicted molar refractivity (Wildman–Crippen MR) is 118 cm³/mol. The fourth-order valence-electron chi connectivity index (χ4n) is 2.45. The lowest BCUT2D eigenvalue weighted by molar-refractivity contribution is -0.122.